The standard InChI is InChI=1S/C8H19NO5/c1-2-9-3-5(11)7(13)8(14)6(12)4-10/h5-14H,2-4H2,1H3/t5-,6+,7+,8+/m1/s1. The third-order valence-corrected chi connectivity index (χ3v) is 1.93. The lowest BCUT2D eigenvalue weighted by Gasteiger charge is -2.25. The Morgan fingerprint density at radius 2 is 1.50 bits per heavy atom. The highest BCUT2D eigenvalue weighted by atomic mass is 16.4. The van der Waals surface area contributed by atoms with Crippen LogP contribution in [0.3, 0.4) is 0 Å². The van der Waals surface area contributed by atoms with Gasteiger partial charge in [-0.15, -0.1) is 0 Å². The van der Waals surface area contributed by atoms with E-state index in [4.69, 9.17) is 10.2 Å². The van der Waals surface area contributed by atoms with Crippen molar-refractivity contribution in [3.05, 3.63) is 0 Å². The number of aliphatic hydroxyl groups is 5. The summed E-state index contributed by atoms with van der Waals surface area (Å²) in [5.41, 5.74) is 0. The van der Waals surface area contributed by atoms with E-state index in [-0.39, 0.29) is 6.54 Å². The number of hydrogen-bond acceptors (Lipinski definition) is 6. The van der Waals surface area contributed by atoms with Crippen molar-refractivity contribution in [2.75, 3.05) is 19.7 Å². The first-order valence-corrected chi connectivity index (χ1v) is 4.58. The molecule has 0 heterocycles. The molecule has 6 heteroatoms. The zero-order chi connectivity index (χ0) is 11.1. The van der Waals surface area contributed by atoms with Gasteiger partial charge in [0.05, 0.1) is 12.7 Å². The van der Waals surface area contributed by atoms with Gasteiger partial charge in [-0.05, 0) is 6.54 Å². The Kier molecular flexibility index (Phi) is 6.98. The smallest absolute Gasteiger partial charge is 0.111 e. The summed E-state index contributed by atoms with van der Waals surface area (Å²) in [5, 5.41) is 48.1. The molecule has 0 rings (SSSR count). The second-order valence-electron chi connectivity index (χ2n) is 3.11. The van der Waals surface area contributed by atoms with Gasteiger partial charge in [-0.3, -0.25) is 0 Å². The van der Waals surface area contributed by atoms with Crippen molar-refractivity contribution in [2.45, 2.75) is 31.3 Å². The summed E-state index contributed by atoms with van der Waals surface area (Å²) < 4.78 is 0. The van der Waals surface area contributed by atoms with Crippen LogP contribution < -0.4 is 5.32 Å². The van der Waals surface area contributed by atoms with Crippen molar-refractivity contribution in [3.8, 4) is 0 Å². The molecule has 6 nitrogen and oxygen atoms in total. The topological polar surface area (TPSA) is 113 Å². The van der Waals surface area contributed by atoms with Crippen molar-refractivity contribution < 1.29 is 25.5 Å². The fraction of sp³-hybridized carbons (Fsp3) is 1.00. The molecule has 0 saturated heterocycles. The van der Waals surface area contributed by atoms with Crippen LogP contribution in [0, 0.1) is 0 Å². The van der Waals surface area contributed by atoms with Gasteiger partial charge in [0.15, 0.2) is 0 Å². The Bertz CT molecular complexity index is 146. The maximum absolute atomic E-state index is 9.30. The summed E-state index contributed by atoms with van der Waals surface area (Å²) in [6, 6.07) is 0. The highest BCUT2D eigenvalue weighted by molar-refractivity contribution is 4.81. The summed E-state index contributed by atoms with van der Waals surface area (Å²) in [7, 11) is 0. The van der Waals surface area contributed by atoms with E-state index >= 15 is 0 Å². The molecule has 14 heavy (non-hydrogen) atoms. The number of aliphatic hydroxyl groups excluding tert-OH is 5. The second kappa shape index (κ2) is 7.10. The molecule has 0 fully saturated rings. The van der Waals surface area contributed by atoms with Crippen molar-refractivity contribution in [1.82, 2.24) is 5.32 Å². The lowest BCUT2D eigenvalue weighted by atomic mass is 10.0. The van der Waals surface area contributed by atoms with Crippen molar-refractivity contribution in [1.29, 1.82) is 0 Å². The number of hydrogen-bond donors (Lipinski definition) is 6. The molecule has 0 aliphatic carbocycles. The van der Waals surface area contributed by atoms with Crippen LogP contribution in [0.1, 0.15) is 6.92 Å². The lowest BCUT2D eigenvalue weighted by Crippen LogP contribution is -2.49. The van der Waals surface area contributed by atoms with Crippen molar-refractivity contribution in [2.24, 2.45) is 0 Å². The summed E-state index contributed by atoms with van der Waals surface area (Å²) in [4.78, 5) is 0. The maximum Gasteiger partial charge on any atom is 0.111 e. The Balaban J connectivity index is 3.95. The first-order valence-electron chi connectivity index (χ1n) is 4.58. The minimum Gasteiger partial charge on any atom is -0.394 e. The molecule has 0 spiro atoms. The minimum absolute atomic E-state index is 0.118. The third-order valence-electron chi connectivity index (χ3n) is 1.93. The molecule has 0 aliphatic heterocycles. The predicted molar refractivity (Wildman–Crippen MR) is 49.7 cm³/mol. The summed E-state index contributed by atoms with van der Waals surface area (Å²) in [5.74, 6) is 0. The van der Waals surface area contributed by atoms with E-state index in [1.807, 2.05) is 6.92 Å². The summed E-state index contributed by atoms with van der Waals surface area (Å²) in [6.45, 7) is 1.92. The zero-order valence-corrected chi connectivity index (χ0v) is 8.17. The monoisotopic (exact) mass is 209 g/mol. The maximum atomic E-state index is 9.30. The van der Waals surface area contributed by atoms with Crippen LogP contribution in [0.4, 0.5) is 0 Å². The quantitative estimate of drug-likeness (QED) is 0.267. The van der Waals surface area contributed by atoms with Gasteiger partial charge in [0.2, 0.25) is 0 Å². The second-order valence-corrected chi connectivity index (χ2v) is 3.11. The molecule has 0 bridgehead atoms. The first kappa shape index (κ1) is 13.8. The average Bonchev–Trinajstić information content (AvgIpc) is 2.22. The van der Waals surface area contributed by atoms with Crippen LogP contribution in [0.15, 0.2) is 0 Å². The zero-order valence-electron chi connectivity index (χ0n) is 8.17. The molecule has 0 aromatic heterocycles. The fourth-order valence-corrected chi connectivity index (χ4v) is 0.976. The molecular formula is C8H19NO5. The summed E-state index contributed by atoms with van der Waals surface area (Å²) in [6.07, 6.45) is -5.64. The molecule has 4 atom stereocenters. The molecule has 0 radical (unpaired) electrons. The van der Waals surface area contributed by atoms with Crippen LogP contribution in [-0.4, -0.2) is 69.6 Å². The van der Waals surface area contributed by atoms with Crippen LogP contribution in [0.25, 0.3) is 0 Å². The number of nitrogens with one attached hydrogen (secondary N) is 1. The Morgan fingerprint density at radius 1 is 1.00 bits per heavy atom. The van der Waals surface area contributed by atoms with Crippen LogP contribution in [0.2, 0.25) is 0 Å². The largest absolute Gasteiger partial charge is 0.394 e. The highest BCUT2D eigenvalue weighted by Gasteiger charge is 2.29. The molecule has 0 unspecified atom stereocenters. The van der Waals surface area contributed by atoms with E-state index in [1.54, 1.807) is 0 Å². The lowest BCUT2D eigenvalue weighted by molar-refractivity contribution is -0.113. The van der Waals surface area contributed by atoms with Gasteiger partial charge < -0.3 is 30.8 Å². The average molecular weight is 209 g/mol. The van der Waals surface area contributed by atoms with Crippen molar-refractivity contribution >= 4 is 0 Å². The van der Waals surface area contributed by atoms with Gasteiger partial charge in [0.25, 0.3) is 0 Å². The Labute approximate surface area is 82.8 Å². The van der Waals surface area contributed by atoms with E-state index in [0.29, 0.717) is 6.54 Å². The summed E-state index contributed by atoms with van der Waals surface area (Å²) >= 11 is 0. The SMILES string of the molecule is CCNC[C@@H](O)[C@H](O)[C@@H](O)[C@@H](O)CO. The normalized spacial score (nSPS) is 20.1. The van der Waals surface area contributed by atoms with Gasteiger partial charge in [-0.1, -0.05) is 6.92 Å². The predicted octanol–water partition coefficient (Wildman–Crippen LogP) is -2.97. The fourth-order valence-electron chi connectivity index (χ4n) is 0.976. The van der Waals surface area contributed by atoms with Gasteiger partial charge in [-0.2, -0.15) is 0 Å². The molecular weight excluding hydrogens is 190 g/mol. The van der Waals surface area contributed by atoms with Crippen LogP contribution in [-0.2, 0) is 0 Å². The highest BCUT2D eigenvalue weighted by Crippen LogP contribution is 2.04. The van der Waals surface area contributed by atoms with E-state index in [1.165, 1.54) is 0 Å². The van der Waals surface area contributed by atoms with E-state index in [9.17, 15) is 15.3 Å². The number of likely N-dealkylation sites (N-methyl/N-ethyl adjacent to an activating group) is 1. The van der Waals surface area contributed by atoms with Crippen LogP contribution >= 0.6 is 0 Å². The van der Waals surface area contributed by atoms with Gasteiger partial charge in [0, 0.05) is 6.54 Å². The molecule has 0 amide bonds. The van der Waals surface area contributed by atoms with E-state index in [2.05, 4.69) is 5.32 Å². The molecule has 6 N–H and O–H groups in total. The minimum atomic E-state index is -1.55. The van der Waals surface area contributed by atoms with Gasteiger partial charge in [-0.25, -0.2) is 0 Å². The molecule has 86 valence electrons. The van der Waals surface area contributed by atoms with Gasteiger partial charge in [0.1, 0.15) is 18.3 Å². The third kappa shape index (κ3) is 4.32. The van der Waals surface area contributed by atoms with Crippen LogP contribution in [0.5, 0.6) is 0 Å². The number of rotatable bonds is 7. The molecule has 0 aromatic rings. The Hall–Kier alpha value is -0.240. The Morgan fingerprint density at radius 3 is 1.93 bits per heavy atom. The molecule has 0 aromatic carbocycles. The van der Waals surface area contributed by atoms with E-state index < -0.39 is 31.0 Å². The molecule has 0 saturated carbocycles. The van der Waals surface area contributed by atoms with Crippen molar-refractivity contribution in [3.63, 3.8) is 0 Å². The van der Waals surface area contributed by atoms with Gasteiger partial charge >= 0.3 is 0 Å². The first-order chi connectivity index (χ1) is 6.54. The molecule has 0 aliphatic rings. The van der Waals surface area contributed by atoms with E-state index in [0.717, 1.165) is 0 Å².